The van der Waals surface area contributed by atoms with E-state index < -0.39 is 0 Å². The number of hydrogen-bond donors (Lipinski definition) is 1. The Labute approximate surface area is 88.3 Å². The maximum atomic E-state index is 12.9. The molecule has 0 radical (unpaired) electrons. The van der Waals surface area contributed by atoms with Gasteiger partial charge in [-0.1, -0.05) is 24.4 Å². The molecule has 1 N–H and O–H groups in total. The molecule has 74 valence electrons. The molecule has 0 saturated carbocycles. The summed E-state index contributed by atoms with van der Waals surface area (Å²) < 4.78 is 12.9. The third kappa shape index (κ3) is 2.65. The predicted octanol–water partition coefficient (Wildman–Crippen LogP) is 3.30. The van der Waals surface area contributed by atoms with Crippen LogP contribution >= 0.6 is 11.6 Å². The molecule has 0 fully saturated rings. The van der Waals surface area contributed by atoms with Crippen molar-refractivity contribution in [2.24, 2.45) is 0 Å². The van der Waals surface area contributed by atoms with Gasteiger partial charge in [0.25, 0.3) is 0 Å². The molecular weight excluding hydrogens is 201 g/mol. The Balaban J connectivity index is 2.86. The lowest BCUT2D eigenvalue weighted by Gasteiger charge is -2.13. The van der Waals surface area contributed by atoms with E-state index in [0.29, 0.717) is 10.7 Å². The molecule has 0 amide bonds. The minimum Gasteiger partial charge on any atom is -0.370 e. The van der Waals surface area contributed by atoms with Crippen molar-refractivity contribution in [1.29, 1.82) is 0 Å². The van der Waals surface area contributed by atoms with Crippen LogP contribution in [0.4, 0.5) is 10.1 Å². The van der Waals surface area contributed by atoms with Crippen molar-refractivity contribution in [2.75, 3.05) is 5.32 Å². The SMILES string of the molecule is C#CC(CC)Nc1cc(F)ccc1Cl. The number of anilines is 1. The van der Waals surface area contributed by atoms with Crippen LogP contribution in [0.1, 0.15) is 13.3 Å². The van der Waals surface area contributed by atoms with Gasteiger partial charge in [0.2, 0.25) is 0 Å². The standard InChI is InChI=1S/C11H11ClFN/c1-3-9(4-2)14-11-7-8(13)5-6-10(11)12/h1,5-7,9,14H,4H2,2H3. The van der Waals surface area contributed by atoms with Gasteiger partial charge in [0.1, 0.15) is 5.82 Å². The van der Waals surface area contributed by atoms with E-state index in [1.165, 1.54) is 18.2 Å². The summed E-state index contributed by atoms with van der Waals surface area (Å²) in [6.45, 7) is 1.95. The molecule has 0 aliphatic heterocycles. The first kappa shape index (κ1) is 10.9. The van der Waals surface area contributed by atoms with E-state index in [0.717, 1.165) is 6.42 Å². The van der Waals surface area contributed by atoms with E-state index in [4.69, 9.17) is 18.0 Å². The average Bonchev–Trinajstić information content (AvgIpc) is 2.19. The zero-order chi connectivity index (χ0) is 10.6. The molecule has 1 aromatic rings. The second kappa shape index (κ2) is 4.88. The van der Waals surface area contributed by atoms with E-state index >= 15 is 0 Å². The Bertz CT molecular complexity index is 357. The Hall–Kier alpha value is -1.20. The minimum atomic E-state index is -0.330. The molecule has 0 aromatic heterocycles. The molecule has 1 aromatic carbocycles. The lowest BCUT2D eigenvalue weighted by Crippen LogP contribution is -2.15. The van der Waals surface area contributed by atoms with Crippen molar-refractivity contribution in [3.8, 4) is 12.3 Å². The minimum absolute atomic E-state index is 0.116. The van der Waals surface area contributed by atoms with Crippen molar-refractivity contribution in [3.05, 3.63) is 29.0 Å². The summed E-state index contributed by atoms with van der Waals surface area (Å²) in [5.74, 6) is 2.22. The first-order chi connectivity index (χ1) is 6.67. The molecule has 0 bridgehead atoms. The molecule has 1 atom stereocenters. The third-order valence-electron chi connectivity index (χ3n) is 1.87. The van der Waals surface area contributed by atoms with Crippen molar-refractivity contribution in [1.82, 2.24) is 0 Å². The van der Waals surface area contributed by atoms with Crippen LogP contribution < -0.4 is 5.32 Å². The van der Waals surface area contributed by atoms with Crippen LogP contribution in [-0.2, 0) is 0 Å². The number of halogens is 2. The van der Waals surface area contributed by atoms with Gasteiger partial charge in [-0.25, -0.2) is 4.39 Å². The topological polar surface area (TPSA) is 12.0 Å². The largest absolute Gasteiger partial charge is 0.370 e. The number of rotatable bonds is 3. The molecule has 1 unspecified atom stereocenters. The van der Waals surface area contributed by atoms with Crippen LogP contribution in [0.2, 0.25) is 5.02 Å². The van der Waals surface area contributed by atoms with Crippen molar-refractivity contribution >= 4 is 17.3 Å². The monoisotopic (exact) mass is 211 g/mol. The maximum absolute atomic E-state index is 12.9. The summed E-state index contributed by atoms with van der Waals surface area (Å²) in [5, 5.41) is 3.45. The molecule has 1 nitrogen and oxygen atoms in total. The third-order valence-corrected chi connectivity index (χ3v) is 2.20. The Morgan fingerprint density at radius 2 is 2.36 bits per heavy atom. The number of benzene rings is 1. The van der Waals surface area contributed by atoms with E-state index in [9.17, 15) is 4.39 Å². The first-order valence-electron chi connectivity index (χ1n) is 4.35. The fourth-order valence-corrected chi connectivity index (χ4v) is 1.23. The van der Waals surface area contributed by atoms with Crippen LogP contribution in [-0.4, -0.2) is 6.04 Å². The highest BCUT2D eigenvalue weighted by atomic mass is 35.5. The molecule has 0 heterocycles. The fourth-order valence-electron chi connectivity index (χ4n) is 1.06. The normalized spacial score (nSPS) is 11.9. The van der Waals surface area contributed by atoms with E-state index in [2.05, 4.69) is 11.2 Å². The van der Waals surface area contributed by atoms with Gasteiger partial charge in [-0.15, -0.1) is 6.42 Å². The van der Waals surface area contributed by atoms with Gasteiger partial charge in [-0.05, 0) is 24.6 Å². The summed E-state index contributed by atoms with van der Waals surface area (Å²) in [6, 6.07) is 4.03. The summed E-state index contributed by atoms with van der Waals surface area (Å²) in [5.41, 5.74) is 0.538. The van der Waals surface area contributed by atoms with Gasteiger partial charge in [0, 0.05) is 0 Å². The second-order valence-corrected chi connectivity index (χ2v) is 3.30. The van der Waals surface area contributed by atoms with E-state index in [1.807, 2.05) is 6.92 Å². The van der Waals surface area contributed by atoms with E-state index in [-0.39, 0.29) is 11.9 Å². The Kier molecular flexibility index (Phi) is 3.79. The van der Waals surface area contributed by atoms with Gasteiger partial charge < -0.3 is 5.32 Å². The van der Waals surface area contributed by atoms with E-state index in [1.54, 1.807) is 0 Å². The average molecular weight is 212 g/mol. The van der Waals surface area contributed by atoms with Crippen LogP contribution in [0.25, 0.3) is 0 Å². The smallest absolute Gasteiger partial charge is 0.125 e. The molecule has 14 heavy (non-hydrogen) atoms. The zero-order valence-corrected chi connectivity index (χ0v) is 8.61. The number of terminal acetylenes is 1. The van der Waals surface area contributed by atoms with Crippen molar-refractivity contribution < 1.29 is 4.39 Å². The van der Waals surface area contributed by atoms with Gasteiger partial charge in [0.05, 0.1) is 16.8 Å². The fraction of sp³-hybridized carbons (Fsp3) is 0.273. The highest BCUT2D eigenvalue weighted by molar-refractivity contribution is 6.33. The van der Waals surface area contributed by atoms with Crippen LogP contribution in [0.5, 0.6) is 0 Å². The predicted molar refractivity (Wildman–Crippen MR) is 57.9 cm³/mol. The van der Waals surface area contributed by atoms with Gasteiger partial charge in [-0.2, -0.15) is 0 Å². The lowest BCUT2D eigenvalue weighted by atomic mass is 10.2. The van der Waals surface area contributed by atoms with Crippen LogP contribution in [0.3, 0.4) is 0 Å². The first-order valence-corrected chi connectivity index (χ1v) is 4.73. The molecule has 0 aliphatic carbocycles. The second-order valence-electron chi connectivity index (χ2n) is 2.90. The summed E-state index contributed by atoms with van der Waals surface area (Å²) in [4.78, 5) is 0. The molecule has 0 saturated heterocycles. The summed E-state index contributed by atoms with van der Waals surface area (Å²) >= 11 is 5.86. The molecule has 1 rings (SSSR count). The van der Waals surface area contributed by atoms with Gasteiger partial charge in [0.15, 0.2) is 0 Å². The lowest BCUT2D eigenvalue weighted by molar-refractivity contribution is 0.628. The van der Waals surface area contributed by atoms with Gasteiger partial charge >= 0.3 is 0 Å². The highest BCUT2D eigenvalue weighted by Crippen LogP contribution is 2.23. The quantitative estimate of drug-likeness (QED) is 0.757. The Morgan fingerprint density at radius 3 is 2.93 bits per heavy atom. The zero-order valence-electron chi connectivity index (χ0n) is 7.85. The summed E-state index contributed by atoms with van der Waals surface area (Å²) in [7, 11) is 0. The van der Waals surface area contributed by atoms with Crippen molar-refractivity contribution in [2.45, 2.75) is 19.4 Å². The molecular formula is C11H11ClFN. The van der Waals surface area contributed by atoms with Gasteiger partial charge in [-0.3, -0.25) is 0 Å². The van der Waals surface area contributed by atoms with Crippen molar-refractivity contribution in [3.63, 3.8) is 0 Å². The summed E-state index contributed by atoms with van der Waals surface area (Å²) in [6.07, 6.45) is 6.04. The van der Waals surface area contributed by atoms with Crippen LogP contribution in [0, 0.1) is 18.2 Å². The molecule has 0 spiro atoms. The molecule has 3 heteroatoms. The number of nitrogens with one attached hydrogen (secondary N) is 1. The maximum Gasteiger partial charge on any atom is 0.125 e. The highest BCUT2D eigenvalue weighted by Gasteiger charge is 2.06. The van der Waals surface area contributed by atoms with Crippen LogP contribution in [0.15, 0.2) is 18.2 Å². The molecule has 0 aliphatic rings. The Morgan fingerprint density at radius 1 is 1.64 bits per heavy atom. The number of hydrogen-bond acceptors (Lipinski definition) is 1.